The van der Waals surface area contributed by atoms with E-state index < -0.39 is 12.1 Å². The Hall–Kier alpha value is -0.490. The first-order valence-electron chi connectivity index (χ1n) is 5.44. The molecule has 0 aromatic heterocycles. The van der Waals surface area contributed by atoms with E-state index in [9.17, 15) is 18.0 Å². The third kappa shape index (κ3) is 5.12. The average molecular weight is 275 g/mol. The van der Waals surface area contributed by atoms with Crippen LogP contribution in [0.3, 0.4) is 0 Å². The zero-order chi connectivity index (χ0) is 12.2. The molecule has 102 valence electrons. The lowest BCUT2D eigenvalue weighted by molar-refractivity contribution is -0.186. The van der Waals surface area contributed by atoms with E-state index in [0.717, 1.165) is 0 Å². The zero-order valence-corrected chi connectivity index (χ0v) is 10.5. The van der Waals surface area contributed by atoms with Crippen molar-refractivity contribution in [3.8, 4) is 0 Å². The Morgan fingerprint density at radius 2 is 1.88 bits per heavy atom. The number of amides is 1. The SMILES string of the molecule is CNCCC(=O)N1CCC(C(F)(F)F)CC1.Cl. The summed E-state index contributed by atoms with van der Waals surface area (Å²) in [5.41, 5.74) is 0. The molecule has 0 aromatic rings. The van der Waals surface area contributed by atoms with Gasteiger partial charge < -0.3 is 10.2 Å². The van der Waals surface area contributed by atoms with Gasteiger partial charge in [0.2, 0.25) is 5.91 Å². The second-order valence-electron chi connectivity index (χ2n) is 4.05. The Kier molecular flexibility index (Phi) is 6.85. The van der Waals surface area contributed by atoms with Crippen LogP contribution in [0.4, 0.5) is 13.2 Å². The second-order valence-corrected chi connectivity index (χ2v) is 4.05. The van der Waals surface area contributed by atoms with Crippen LogP contribution in [0.5, 0.6) is 0 Å². The quantitative estimate of drug-likeness (QED) is 0.851. The molecular formula is C10H18ClF3N2O. The first kappa shape index (κ1) is 16.5. The molecule has 1 aliphatic heterocycles. The van der Waals surface area contributed by atoms with Gasteiger partial charge in [-0.15, -0.1) is 12.4 Å². The van der Waals surface area contributed by atoms with E-state index in [1.807, 2.05) is 0 Å². The Bertz CT molecular complexity index is 240. The Morgan fingerprint density at radius 3 is 2.29 bits per heavy atom. The molecule has 0 aromatic carbocycles. The Balaban J connectivity index is 0.00000256. The van der Waals surface area contributed by atoms with Gasteiger partial charge >= 0.3 is 6.18 Å². The van der Waals surface area contributed by atoms with E-state index in [0.29, 0.717) is 13.0 Å². The van der Waals surface area contributed by atoms with Crippen molar-refractivity contribution in [1.29, 1.82) is 0 Å². The van der Waals surface area contributed by atoms with E-state index in [2.05, 4.69) is 5.32 Å². The molecule has 0 radical (unpaired) electrons. The van der Waals surface area contributed by atoms with Crippen LogP contribution in [0, 0.1) is 5.92 Å². The molecule has 0 bridgehead atoms. The van der Waals surface area contributed by atoms with Gasteiger partial charge in [0.1, 0.15) is 0 Å². The molecule has 1 aliphatic rings. The molecule has 1 N–H and O–H groups in total. The number of nitrogens with zero attached hydrogens (tertiary/aromatic N) is 1. The molecule has 0 atom stereocenters. The van der Waals surface area contributed by atoms with Crippen LogP contribution in [0.1, 0.15) is 19.3 Å². The summed E-state index contributed by atoms with van der Waals surface area (Å²) in [6.45, 7) is 1.03. The predicted molar refractivity (Wildman–Crippen MR) is 61.2 cm³/mol. The van der Waals surface area contributed by atoms with Crippen LogP contribution in [0.15, 0.2) is 0 Å². The highest BCUT2D eigenvalue weighted by Crippen LogP contribution is 2.34. The van der Waals surface area contributed by atoms with Crippen molar-refractivity contribution in [2.24, 2.45) is 5.92 Å². The summed E-state index contributed by atoms with van der Waals surface area (Å²) >= 11 is 0. The number of carbonyl (C=O) groups is 1. The largest absolute Gasteiger partial charge is 0.391 e. The van der Waals surface area contributed by atoms with Crippen LogP contribution < -0.4 is 5.32 Å². The van der Waals surface area contributed by atoms with Crippen LogP contribution in [0.25, 0.3) is 0 Å². The normalized spacial score (nSPS) is 17.8. The van der Waals surface area contributed by atoms with Gasteiger partial charge in [-0.2, -0.15) is 13.2 Å². The van der Waals surface area contributed by atoms with Crippen molar-refractivity contribution in [2.45, 2.75) is 25.4 Å². The minimum absolute atomic E-state index is 0. The second kappa shape index (κ2) is 7.06. The number of piperidine rings is 1. The average Bonchev–Trinajstić information content (AvgIpc) is 2.25. The maximum absolute atomic E-state index is 12.4. The smallest absolute Gasteiger partial charge is 0.343 e. The topological polar surface area (TPSA) is 32.3 Å². The van der Waals surface area contributed by atoms with Crippen molar-refractivity contribution in [1.82, 2.24) is 10.2 Å². The predicted octanol–water partition coefficient (Wildman–Crippen LogP) is 1.82. The summed E-state index contributed by atoms with van der Waals surface area (Å²) < 4.78 is 37.1. The first-order chi connectivity index (χ1) is 7.45. The third-order valence-electron chi connectivity index (χ3n) is 2.90. The highest BCUT2D eigenvalue weighted by atomic mass is 35.5. The minimum atomic E-state index is -4.11. The maximum Gasteiger partial charge on any atom is 0.391 e. The fraction of sp³-hybridized carbons (Fsp3) is 0.900. The fourth-order valence-corrected chi connectivity index (χ4v) is 1.85. The van der Waals surface area contributed by atoms with Gasteiger partial charge in [-0.1, -0.05) is 0 Å². The molecular weight excluding hydrogens is 257 g/mol. The molecule has 1 heterocycles. The van der Waals surface area contributed by atoms with Crippen LogP contribution in [-0.2, 0) is 4.79 Å². The summed E-state index contributed by atoms with van der Waals surface area (Å²) in [5, 5.41) is 2.84. The van der Waals surface area contributed by atoms with E-state index in [1.54, 1.807) is 7.05 Å². The molecule has 3 nitrogen and oxygen atoms in total. The molecule has 0 spiro atoms. The lowest BCUT2D eigenvalue weighted by Crippen LogP contribution is -2.42. The van der Waals surface area contributed by atoms with Gasteiger partial charge in [0.05, 0.1) is 5.92 Å². The third-order valence-corrected chi connectivity index (χ3v) is 2.90. The number of nitrogens with one attached hydrogen (secondary N) is 1. The maximum atomic E-state index is 12.4. The molecule has 0 saturated carbocycles. The van der Waals surface area contributed by atoms with Crippen molar-refractivity contribution in [3.05, 3.63) is 0 Å². The van der Waals surface area contributed by atoms with Crippen molar-refractivity contribution < 1.29 is 18.0 Å². The van der Waals surface area contributed by atoms with Gasteiger partial charge in [-0.25, -0.2) is 0 Å². The molecule has 0 unspecified atom stereocenters. The number of hydrogen-bond donors (Lipinski definition) is 1. The summed E-state index contributed by atoms with van der Waals surface area (Å²) in [5.74, 6) is -1.30. The van der Waals surface area contributed by atoms with Crippen molar-refractivity contribution in [2.75, 3.05) is 26.7 Å². The van der Waals surface area contributed by atoms with Crippen LogP contribution >= 0.6 is 12.4 Å². The molecule has 1 fully saturated rings. The minimum Gasteiger partial charge on any atom is -0.343 e. The number of carbonyl (C=O) groups excluding carboxylic acids is 1. The molecule has 0 aliphatic carbocycles. The standard InChI is InChI=1S/C10H17F3N2O.ClH/c1-14-5-2-9(16)15-6-3-8(4-7-15)10(11,12)13;/h8,14H,2-7H2,1H3;1H. The van der Waals surface area contributed by atoms with Crippen LogP contribution in [0.2, 0.25) is 0 Å². The molecule has 1 rings (SSSR count). The van der Waals surface area contributed by atoms with E-state index in [4.69, 9.17) is 0 Å². The van der Waals surface area contributed by atoms with Crippen molar-refractivity contribution in [3.63, 3.8) is 0 Å². The van der Waals surface area contributed by atoms with Crippen LogP contribution in [-0.4, -0.2) is 43.7 Å². The Morgan fingerprint density at radius 1 is 1.35 bits per heavy atom. The van der Waals surface area contributed by atoms with Gasteiger partial charge in [-0.3, -0.25) is 4.79 Å². The Labute approximate surface area is 105 Å². The fourth-order valence-electron chi connectivity index (χ4n) is 1.85. The highest BCUT2D eigenvalue weighted by Gasteiger charge is 2.41. The number of hydrogen-bond acceptors (Lipinski definition) is 2. The first-order valence-corrected chi connectivity index (χ1v) is 5.44. The number of likely N-dealkylation sites (tertiary alicyclic amines) is 1. The monoisotopic (exact) mass is 274 g/mol. The lowest BCUT2D eigenvalue weighted by atomic mass is 9.96. The zero-order valence-electron chi connectivity index (χ0n) is 9.72. The van der Waals surface area contributed by atoms with E-state index >= 15 is 0 Å². The molecule has 1 saturated heterocycles. The molecule has 7 heteroatoms. The van der Waals surface area contributed by atoms with E-state index in [-0.39, 0.29) is 44.2 Å². The summed E-state index contributed by atoms with van der Waals surface area (Å²) in [4.78, 5) is 13.0. The summed E-state index contributed by atoms with van der Waals surface area (Å²) in [6, 6.07) is 0. The van der Waals surface area contributed by atoms with Gasteiger partial charge in [0, 0.05) is 26.1 Å². The van der Waals surface area contributed by atoms with Crippen molar-refractivity contribution >= 4 is 18.3 Å². The summed E-state index contributed by atoms with van der Waals surface area (Å²) in [6.07, 6.45) is -3.68. The number of alkyl halides is 3. The highest BCUT2D eigenvalue weighted by molar-refractivity contribution is 5.85. The number of halogens is 4. The molecule has 17 heavy (non-hydrogen) atoms. The summed E-state index contributed by atoms with van der Waals surface area (Å²) in [7, 11) is 1.74. The van der Waals surface area contributed by atoms with Gasteiger partial charge in [-0.05, 0) is 19.9 Å². The number of rotatable bonds is 3. The lowest BCUT2D eigenvalue weighted by Gasteiger charge is -2.33. The molecule has 1 amide bonds. The van der Waals surface area contributed by atoms with Gasteiger partial charge in [0.25, 0.3) is 0 Å². The van der Waals surface area contributed by atoms with Gasteiger partial charge in [0.15, 0.2) is 0 Å². The van der Waals surface area contributed by atoms with E-state index in [1.165, 1.54) is 4.90 Å².